The average Bonchev–Trinajstić information content (AvgIpc) is 2.79. The Hall–Kier alpha value is -1.95. The molecule has 0 aromatic carbocycles. The van der Waals surface area contributed by atoms with Gasteiger partial charge in [-0.15, -0.1) is 11.3 Å². The number of hydrogen-bond donors (Lipinski definition) is 1. The monoisotopic (exact) mass is 263 g/mol. The second-order valence-electron chi connectivity index (χ2n) is 3.71. The van der Waals surface area contributed by atoms with Crippen LogP contribution in [-0.2, 0) is 16.0 Å². The molecule has 0 aliphatic carbocycles. The highest BCUT2D eigenvalue weighted by Crippen LogP contribution is 2.20. The Kier molecular flexibility index (Phi) is 3.88. The zero-order chi connectivity index (χ0) is 13.0. The van der Waals surface area contributed by atoms with Crippen LogP contribution in [0.4, 0.5) is 10.8 Å². The number of aromatic nitrogens is 2. The number of aryl methyl sites for hydroxylation is 1. The normalized spacial score (nSPS) is 10.1. The minimum atomic E-state index is -0.288. The quantitative estimate of drug-likeness (QED) is 0.857. The second-order valence-corrected chi connectivity index (χ2v) is 4.57. The highest BCUT2D eigenvalue weighted by atomic mass is 32.1. The first-order valence-electron chi connectivity index (χ1n) is 5.38. The SMILES string of the molecule is COC(=O)Cc1csc(Nc2ccc(C)nc2)n1. The summed E-state index contributed by atoms with van der Waals surface area (Å²) in [6.07, 6.45) is 1.94. The molecule has 5 nitrogen and oxygen atoms in total. The molecule has 0 aliphatic heterocycles. The average molecular weight is 263 g/mol. The summed E-state index contributed by atoms with van der Waals surface area (Å²) in [5.41, 5.74) is 2.54. The first-order chi connectivity index (χ1) is 8.67. The van der Waals surface area contributed by atoms with E-state index in [-0.39, 0.29) is 12.4 Å². The van der Waals surface area contributed by atoms with E-state index in [0.29, 0.717) is 5.69 Å². The Morgan fingerprint density at radius 2 is 2.33 bits per heavy atom. The van der Waals surface area contributed by atoms with Crippen LogP contribution in [-0.4, -0.2) is 23.0 Å². The third-order valence-corrected chi connectivity index (χ3v) is 3.07. The molecule has 2 aromatic rings. The summed E-state index contributed by atoms with van der Waals surface area (Å²) in [6.45, 7) is 1.93. The lowest BCUT2D eigenvalue weighted by molar-refractivity contribution is -0.139. The zero-order valence-corrected chi connectivity index (χ0v) is 11.0. The maximum absolute atomic E-state index is 11.1. The van der Waals surface area contributed by atoms with Gasteiger partial charge in [-0.2, -0.15) is 0 Å². The van der Waals surface area contributed by atoms with Gasteiger partial charge in [-0.3, -0.25) is 9.78 Å². The van der Waals surface area contributed by atoms with Gasteiger partial charge >= 0.3 is 5.97 Å². The van der Waals surface area contributed by atoms with Crippen molar-refractivity contribution in [1.82, 2.24) is 9.97 Å². The third-order valence-electron chi connectivity index (χ3n) is 2.27. The molecule has 0 saturated carbocycles. The molecule has 94 valence electrons. The number of esters is 1. The van der Waals surface area contributed by atoms with Gasteiger partial charge in [-0.05, 0) is 19.1 Å². The predicted octanol–water partition coefficient (Wildman–Crippen LogP) is 2.31. The Morgan fingerprint density at radius 1 is 1.50 bits per heavy atom. The molecule has 2 rings (SSSR count). The second kappa shape index (κ2) is 5.59. The van der Waals surface area contributed by atoms with E-state index in [2.05, 4.69) is 20.0 Å². The summed E-state index contributed by atoms with van der Waals surface area (Å²) < 4.78 is 4.59. The Balaban J connectivity index is 2.02. The third kappa shape index (κ3) is 3.27. The summed E-state index contributed by atoms with van der Waals surface area (Å²) in [7, 11) is 1.37. The number of anilines is 2. The first-order valence-corrected chi connectivity index (χ1v) is 6.26. The molecule has 0 bridgehead atoms. The van der Waals surface area contributed by atoms with Gasteiger partial charge in [0.2, 0.25) is 0 Å². The van der Waals surface area contributed by atoms with E-state index in [0.717, 1.165) is 16.5 Å². The van der Waals surface area contributed by atoms with Crippen molar-refractivity contribution in [3.8, 4) is 0 Å². The Labute approximate surface area is 109 Å². The summed E-state index contributed by atoms with van der Waals surface area (Å²) in [5, 5.41) is 5.71. The van der Waals surface area contributed by atoms with Crippen molar-refractivity contribution < 1.29 is 9.53 Å². The number of carbonyl (C=O) groups excluding carboxylic acids is 1. The molecule has 0 aliphatic rings. The van der Waals surface area contributed by atoms with Gasteiger partial charge in [0, 0.05) is 11.1 Å². The van der Waals surface area contributed by atoms with Crippen LogP contribution in [0.5, 0.6) is 0 Å². The van der Waals surface area contributed by atoms with Crippen LogP contribution in [0.3, 0.4) is 0 Å². The molecule has 18 heavy (non-hydrogen) atoms. The van der Waals surface area contributed by atoms with Crippen molar-refractivity contribution in [2.24, 2.45) is 0 Å². The number of rotatable bonds is 4. The maximum Gasteiger partial charge on any atom is 0.311 e. The van der Waals surface area contributed by atoms with Gasteiger partial charge in [0.1, 0.15) is 0 Å². The fraction of sp³-hybridized carbons (Fsp3) is 0.250. The molecule has 6 heteroatoms. The van der Waals surface area contributed by atoms with Crippen LogP contribution in [0.15, 0.2) is 23.7 Å². The molecule has 0 unspecified atom stereocenters. The standard InChI is InChI=1S/C12H13N3O2S/c1-8-3-4-9(6-13-8)14-12-15-10(7-18-12)5-11(16)17-2/h3-4,6-7H,5H2,1-2H3,(H,14,15). The number of pyridine rings is 1. The lowest BCUT2D eigenvalue weighted by atomic mass is 10.3. The lowest BCUT2D eigenvalue weighted by Gasteiger charge is -2.01. The topological polar surface area (TPSA) is 64.1 Å². The van der Waals surface area contributed by atoms with E-state index in [4.69, 9.17) is 0 Å². The van der Waals surface area contributed by atoms with E-state index in [1.807, 2.05) is 24.4 Å². The van der Waals surface area contributed by atoms with Gasteiger partial charge in [-0.1, -0.05) is 0 Å². The number of nitrogens with zero attached hydrogens (tertiary/aromatic N) is 2. The molecule has 0 fully saturated rings. The van der Waals surface area contributed by atoms with E-state index >= 15 is 0 Å². The molecule has 0 amide bonds. The van der Waals surface area contributed by atoms with Gasteiger partial charge in [0.05, 0.1) is 31.1 Å². The number of carbonyl (C=O) groups is 1. The van der Waals surface area contributed by atoms with Gasteiger partial charge in [0.15, 0.2) is 5.13 Å². The molecular formula is C12H13N3O2S. The molecular weight excluding hydrogens is 250 g/mol. The fourth-order valence-electron chi connectivity index (χ4n) is 1.33. The summed E-state index contributed by atoms with van der Waals surface area (Å²) >= 11 is 1.44. The number of hydrogen-bond acceptors (Lipinski definition) is 6. The van der Waals surface area contributed by atoms with Crippen LogP contribution >= 0.6 is 11.3 Å². The van der Waals surface area contributed by atoms with Crippen molar-refractivity contribution in [3.05, 3.63) is 35.1 Å². The van der Waals surface area contributed by atoms with Gasteiger partial charge < -0.3 is 10.1 Å². The molecule has 0 spiro atoms. The van der Waals surface area contributed by atoms with Crippen LogP contribution in [0, 0.1) is 6.92 Å². The van der Waals surface area contributed by atoms with E-state index in [1.165, 1.54) is 18.4 Å². The molecule has 1 N–H and O–H groups in total. The largest absolute Gasteiger partial charge is 0.469 e. The molecule has 0 atom stereocenters. The van der Waals surface area contributed by atoms with E-state index in [9.17, 15) is 4.79 Å². The highest BCUT2D eigenvalue weighted by molar-refractivity contribution is 7.13. The highest BCUT2D eigenvalue weighted by Gasteiger charge is 2.07. The first kappa shape index (κ1) is 12.5. The molecule has 0 radical (unpaired) electrons. The maximum atomic E-state index is 11.1. The van der Waals surface area contributed by atoms with Gasteiger partial charge in [0.25, 0.3) is 0 Å². The lowest BCUT2D eigenvalue weighted by Crippen LogP contribution is -2.04. The van der Waals surface area contributed by atoms with Crippen LogP contribution in [0.2, 0.25) is 0 Å². The van der Waals surface area contributed by atoms with E-state index in [1.54, 1.807) is 6.20 Å². The molecule has 0 saturated heterocycles. The smallest absolute Gasteiger partial charge is 0.311 e. The van der Waals surface area contributed by atoms with Crippen molar-refractivity contribution in [1.29, 1.82) is 0 Å². The fourth-order valence-corrected chi connectivity index (χ4v) is 2.06. The summed E-state index contributed by atoms with van der Waals surface area (Å²) in [5.74, 6) is -0.288. The number of methoxy groups -OCH3 is 1. The summed E-state index contributed by atoms with van der Waals surface area (Å²) in [4.78, 5) is 19.6. The van der Waals surface area contributed by atoms with Crippen molar-refractivity contribution in [2.75, 3.05) is 12.4 Å². The van der Waals surface area contributed by atoms with E-state index < -0.39 is 0 Å². The van der Waals surface area contributed by atoms with Crippen molar-refractivity contribution in [3.63, 3.8) is 0 Å². The predicted molar refractivity (Wildman–Crippen MR) is 70.1 cm³/mol. The zero-order valence-electron chi connectivity index (χ0n) is 10.1. The van der Waals surface area contributed by atoms with Crippen LogP contribution in [0.1, 0.15) is 11.4 Å². The minimum absolute atomic E-state index is 0.195. The van der Waals surface area contributed by atoms with Crippen molar-refractivity contribution in [2.45, 2.75) is 13.3 Å². The minimum Gasteiger partial charge on any atom is -0.469 e. The molecule has 2 aromatic heterocycles. The Morgan fingerprint density at radius 3 is 3.00 bits per heavy atom. The van der Waals surface area contributed by atoms with Crippen LogP contribution < -0.4 is 5.32 Å². The molecule has 2 heterocycles. The summed E-state index contributed by atoms with van der Waals surface area (Å²) in [6, 6.07) is 3.86. The number of nitrogens with one attached hydrogen (secondary N) is 1. The number of ether oxygens (including phenoxy) is 1. The van der Waals surface area contributed by atoms with Crippen LogP contribution in [0.25, 0.3) is 0 Å². The Bertz CT molecular complexity index is 537. The number of thiazole rings is 1. The van der Waals surface area contributed by atoms with Crippen molar-refractivity contribution >= 4 is 28.1 Å². The van der Waals surface area contributed by atoms with Gasteiger partial charge in [-0.25, -0.2) is 4.98 Å².